The molecule has 0 aromatic heterocycles. The van der Waals surface area contributed by atoms with Gasteiger partial charge in [-0.05, 0) is 18.8 Å². The molecule has 0 aromatic carbocycles. The summed E-state index contributed by atoms with van der Waals surface area (Å²) in [6, 6.07) is -0.526. The fourth-order valence-corrected chi connectivity index (χ4v) is 2.49. The van der Waals surface area contributed by atoms with Crippen molar-refractivity contribution in [1.82, 2.24) is 5.32 Å². The number of ketones is 1. The Labute approximate surface area is 97.6 Å². The molecule has 1 saturated carbocycles. The highest BCUT2D eigenvalue weighted by molar-refractivity contribution is 9.09. The monoisotopic (exact) mass is 277 g/mol. The molecule has 1 amide bonds. The summed E-state index contributed by atoms with van der Waals surface area (Å²) in [5, 5.41) is 11.2. The molecule has 0 spiro atoms. The normalized spacial score (nSPS) is 19.5. The van der Waals surface area contributed by atoms with E-state index in [1.54, 1.807) is 0 Å². The lowest BCUT2D eigenvalue weighted by atomic mass is 9.82. The number of Topliss-reactive ketones (excluding diaryl/α,β-unsaturated/α-hetero) is 1. The van der Waals surface area contributed by atoms with Gasteiger partial charge in [0.25, 0.3) is 0 Å². The summed E-state index contributed by atoms with van der Waals surface area (Å²) in [5.41, 5.74) is 0. The number of hydrogen-bond donors (Lipinski definition) is 2. The highest BCUT2D eigenvalue weighted by Crippen LogP contribution is 2.27. The van der Waals surface area contributed by atoms with Gasteiger partial charge in [-0.25, -0.2) is 4.79 Å². The molecule has 1 fully saturated rings. The first kappa shape index (κ1) is 12.5. The summed E-state index contributed by atoms with van der Waals surface area (Å²) < 4.78 is 0. The first-order valence-electron chi connectivity index (χ1n) is 5.23. The third-order valence-corrected chi connectivity index (χ3v) is 3.43. The van der Waals surface area contributed by atoms with Crippen LogP contribution in [-0.4, -0.2) is 28.4 Å². The molecule has 1 aliphatic carbocycles. The molecule has 1 unspecified atom stereocenters. The van der Waals surface area contributed by atoms with E-state index in [9.17, 15) is 9.59 Å². The van der Waals surface area contributed by atoms with Crippen LogP contribution in [0.2, 0.25) is 0 Å². The van der Waals surface area contributed by atoms with Gasteiger partial charge in [-0.2, -0.15) is 0 Å². The predicted molar refractivity (Wildman–Crippen MR) is 60.3 cm³/mol. The minimum absolute atomic E-state index is 0.0655. The predicted octanol–water partition coefficient (Wildman–Crippen LogP) is 2.17. The van der Waals surface area contributed by atoms with Crippen molar-refractivity contribution in [2.45, 2.75) is 38.1 Å². The van der Waals surface area contributed by atoms with Gasteiger partial charge < -0.3 is 10.4 Å². The van der Waals surface area contributed by atoms with Crippen molar-refractivity contribution in [1.29, 1.82) is 0 Å². The van der Waals surface area contributed by atoms with Crippen LogP contribution < -0.4 is 5.32 Å². The second kappa shape index (κ2) is 6.10. The number of halogens is 1. The van der Waals surface area contributed by atoms with Crippen LogP contribution in [0.3, 0.4) is 0 Å². The van der Waals surface area contributed by atoms with E-state index in [2.05, 4.69) is 21.2 Å². The lowest BCUT2D eigenvalue weighted by molar-refractivity contribution is -0.119. The van der Waals surface area contributed by atoms with Crippen molar-refractivity contribution >= 4 is 27.8 Å². The maximum absolute atomic E-state index is 11.6. The van der Waals surface area contributed by atoms with Crippen molar-refractivity contribution in [3.05, 3.63) is 0 Å². The molecule has 0 radical (unpaired) electrons. The van der Waals surface area contributed by atoms with Crippen LogP contribution in [0.25, 0.3) is 0 Å². The van der Waals surface area contributed by atoms with Gasteiger partial charge in [-0.1, -0.05) is 35.2 Å². The summed E-state index contributed by atoms with van der Waals surface area (Å²) in [4.78, 5) is 22.2. The smallest absolute Gasteiger partial charge is 0.405 e. The highest BCUT2D eigenvalue weighted by atomic mass is 79.9. The summed E-state index contributed by atoms with van der Waals surface area (Å²) in [5.74, 6) is 0.115. The minimum Gasteiger partial charge on any atom is -0.465 e. The molecule has 0 heterocycles. The average molecular weight is 278 g/mol. The molecule has 1 atom stereocenters. The quantitative estimate of drug-likeness (QED) is 0.774. The number of carboxylic acid groups (broad SMARTS) is 1. The zero-order valence-corrected chi connectivity index (χ0v) is 10.1. The van der Waals surface area contributed by atoms with Gasteiger partial charge in [0.2, 0.25) is 0 Å². The molecule has 86 valence electrons. The number of alkyl halides is 1. The van der Waals surface area contributed by atoms with Gasteiger partial charge in [0, 0.05) is 0 Å². The summed E-state index contributed by atoms with van der Waals surface area (Å²) in [6.07, 6.45) is 4.17. The van der Waals surface area contributed by atoms with E-state index in [4.69, 9.17) is 5.11 Å². The van der Waals surface area contributed by atoms with Gasteiger partial charge in [-0.3, -0.25) is 4.79 Å². The van der Waals surface area contributed by atoms with Gasteiger partial charge in [-0.15, -0.1) is 0 Å². The topological polar surface area (TPSA) is 66.4 Å². The SMILES string of the molecule is O=C(O)NC(C(=O)CBr)C1CCCCC1. The van der Waals surface area contributed by atoms with E-state index in [0.717, 1.165) is 25.7 Å². The van der Waals surface area contributed by atoms with Crippen LogP contribution in [-0.2, 0) is 4.79 Å². The Morgan fingerprint density at radius 3 is 2.40 bits per heavy atom. The molecule has 4 nitrogen and oxygen atoms in total. The number of amides is 1. The van der Waals surface area contributed by atoms with Crippen molar-refractivity contribution in [3.63, 3.8) is 0 Å². The van der Waals surface area contributed by atoms with Gasteiger partial charge >= 0.3 is 6.09 Å². The van der Waals surface area contributed by atoms with Crippen LogP contribution in [0.15, 0.2) is 0 Å². The Bertz CT molecular complexity index is 239. The second-order valence-corrected chi connectivity index (χ2v) is 4.49. The Balaban J connectivity index is 2.60. The molecule has 0 aliphatic heterocycles. The first-order chi connectivity index (χ1) is 7.15. The van der Waals surface area contributed by atoms with Crippen LogP contribution in [0, 0.1) is 5.92 Å². The van der Waals surface area contributed by atoms with Crippen molar-refractivity contribution < 1.29 is 14.7 Å². The zero-order valence-electron chi connectivity index (χ0n) is 8.54. The molecule has 1 rings (SSSR count). The second-order valence-electron chi connectivity index (χ2n) is 3.93. The number of carbonyl (C=O) groups excluding carboxylic acids is 1. The van der Waals surface area contributed by atoms with Crippen molar-refractivity contribution in [2.75, 3.05) is 5.33 Å². The first-order valence-corrected chi connectivity index (χ1v) is 6.35. The maximum atomic E-state index is 11.6. The highest BCUT2D eigenvalue weighted by Gasteiger charge is 2.29. The summed E-state index contributed by atoms with van der Waals surface area (Å²) >= 11 is 3.09. The number of hydrogen-bond acceptors (Lipinski definition) is 2. The average Bonchev–Trinajstić information content (AvgIpc) is 2.26. The van der Waals surface area contributed by atoms with Gasteiger partial charge in [0.05, 0.1) is 11.4 Å². The van der Waals surface area contributed by atoms with Crippen molar-refractivity contribution in [3.8, 4) is 0 Å². The molecular formula is C10H16BrNO3. The van der Waals surface area contributed by atoms with E-state index in [1.165, 1.54) is 6.42 Å². The van der Waals surface area contributed by atoms with E-state index in [-0.39, 0.29) is 17.0 Å². The molecule has 2 N–H and O–H groups in total. The minimum atomic E-state index is -1.11. The molecule has 0 aromatic rings. The number of nitrogens with one attached hydrogen (secondary N) is 1. The lowest BCUT2D eigenvalue weighted by Gasteiger charge is -2.28. The summed E-state index contributed by atoms with van der Waals surface area (Å²) in [6.45, 7) is 0. The molecule has 15 heavy (non-hydrogen) atoms. The van der Waals surface area contributed by atoms with Crippen LogP contribution in [0.5, 0.6) is 0 Å². The standard InChI is InChI=1S/C10H16BrNO3/c11-6-8(13)9(12-10(14)15)7-4-2-1-3-5-7/h7,9,12H,1-6H2,(H,14,15). The fourth-order valence-electron chi connectivity index (χ4n) is 2.14. The van der Waals surface area contributed by atoms with Gasteiger partial charge in [0.1, 0.15) is 0 Å². The van der Waals surface area contributed by atoms with Crippen molar-refractivity contribution in [2.24, 2.45) is 5.92 Å². The molecule has 0 saturated heterocycles. The fraction of sp³-hybridized carbons (Fsp3) is 0.800. The van der Waals surface area contributed by atoms with E-state index < -0.39 is 12.1 Å². The van der Waals surface area contributed by atoms with Gasteiger partial charge in [0.15, 0.2) is 5.78 Å². The number of carbonyl (C=O) groups is 2. The molecule has 0 bridgehead atoms. The molecule has 5 heteroatoms. The third-order valence-electron chi connectivity index (χ3n) is 2.88. The third kappa shape index (κ3) is 3.81. The Kier molecular flexibility index (Phi) is 5.08. The summed E-state index contributed by atoms with van der Waals surface area (Å²) in [7, 11) is 0. The van der Waals surface area contributed by atoms with E-state index in [0.29, 0.717) is 0 Å². The Morgan fingerprint density at radius 1 is 1.33 bits per heavy atom. The van der Waals surface area contributed by atoms with E-state index >= 15 is 0 Å². The Morgan fingerprint density at radius 2 is 1.93 bits per heavy atom. The molecule has 1 aliphatic rings. The maximum Gasteiger partial charge on any atom is 0.405 e. The zero-order chi connectivity index (χ0) is 11.3. The van der Waals surface area contributed by atoms with E-state index in [1.807, 2.05) is 0 Å². The Hall–Kier alpha value is -0.580. The van der Waals surface area contributed by atoms with Crippen LogP contribution >= 0.6 is 15.9 Å². The van der Waals surface area contributed by atoms with Crippen LogP contribution in [0.4, 0.5) is 4.79 Å². The molecular weight excluding hydrogens is 262 g/mol. The number of rotatable bonds is 4. The lowest BCUT2D eigenvalue weighted by Crippen LogP contribution is -2.46. The largest absolute Gasteiger partial charge is 0.465 e. The van der Waals surface area contributed by atoms with Crippen LogP contribution in [0.1, 0.15) is 32.1 Å².